The van der Waals surface area contributed by atoms with Gasteiger partial charge < -0.3 is 0 Å². The summed E-state index contributed by atoms with van der Waals surface area (Å²) in [7, 11) is -3.66. The van der Waals surface area contributed by atoms with E-state index in [0.29, 0.717) is 0 Å². The van der Waals surface area contributed by atoms with Gasteiger partial charge in [0.15, 0.2) is 0 Å². The normalized spacial score (nSPS) is 12.6. The zero-order valence-electron chi connectivity index (χ0n) is 11.6. The molecule has 0 N–H and O–H groups in total. The van der Waals surface area contributed by atoms with Crippen molar-refractivity contribution in [2.45, 2.75) is 44.9 Å². The van der Waals surface area contributed by atoms with Gasteiger partial charge in [0.1, 0.15) is 0 Å². The molecule has 19 heavy (non-hydrogen) atoms. The highest BCUT2D eigenvalue weighted by Gasteiger charge is 2.27. The first-order valence-corrected chi connectivity index (χ1v) is 8.74. The number of hydrogen-bond acceptors (Lipinski definition) is 3. The third kappa shape index (κ3) is 4.29. The summed E-state index contributed by atoms with van der Waals surface area (Å²) in [5.74, 6) is 0. The van der Waals surface area contributed by atoms with Gasteiger partial charge in [0.05, 0.1) is 11.5 Å². The Labute approximate surface area is 124 Å². The van der Waals surface area contributed by atoms with Crippen LogP contribution in [0, 0.1) is 5.41 Å². The summed E-state index contributed by atoms with van der Waals surface area (Å²) < 4.78 is 30.3. The van der Waals surface area contributed by atoms with Crippen molar-refractivity contribution in [3.63, 3.8) is 0 Å². The average molecular weight is 349 g/mol. The van der Waals surface area contributed by atoms with Gasteiger partial charge in [-0.1, -0.05) is 36.7 Å². The molecule has 0 unspecified atom stereocenters. The van der Waals surface area contributed by atoms with Crippen molar-refractivity contribution >= 4 is 26.0 Å². The van der Waals surface area contributed by atoms with Gasteiger partial charge in [-0.15, -0.1) is 0 Å². The van der Waals surface area contributed by atoms with Gasteiger partial charge in [-0.3, -0.25) is 4.18 Å². The minimum absolute atomic E-state index is 0.0531. The summed E-state index contributed by atoms with van der Waals surface area (Å²) in [6.45, 7) is 6.46. The number of hydrogen-bond donors (Lipinski definition) is 0. The van der Waals surface area contributed by atoms with Crippen LogP contribution in [0.25, 0.3) is 0 Å². The highest BCUT2D eigenvalue weighted by Crippen LogP contribution is 2.32. The van der Waals surface area contributed by atoms with Crippen molar-refractivity contribution in [1.29, 1.82) is 0 Å². The summed E-state index contributed by atoms with van der Waals surface area (Å²) in [6.07, 6.45) is 2.74. The molecule has 0 aliphatic rings. The lowest BCUT2D eigenvalue weighted by Crippen LogP contribution is -2.26. The predicted octanol–water partition coefficient (Wildman–Crippen LogP) is 4.37. The maximum Gasteiger partial charge on any atom is 0.296 e. The Hall–Kier alpha value is -0.390. The first-order chi connectivity index (χ1) is 8.89. The molecule has 0 aliphatic carbocycles. The first kappa shape index (κ1) is 16.7. The van der Waals surface area contributed by atoms with Crippen molar-refractivity contribution in [2.75, 3.05) is 6.61 Å². The predicted molar refractivity (Wildman–Crippen MR) is 80.6 cm³/mol. The van der Waals surface area contributed by atoms with E-state index in [0.717, 1.165) is 23.7 Å². The average Bonchev–Trinajstić information content (AvgIpc) is 2.41. The molecular formula is C14H21BrO3S. The van der Waals surface area contributed by atoms with Gasteiger partial charge in [-0.05, 0) is 48.9 Å². The Bertz CT molecular complexity index is 482. The second-order valence-electron chi connectivity index (χ2n) is 4.73. The zero-order valence-corrected chi connectivity index (χ0v) is 14.1. The molecule has 0 bridgehead atoms. The van der Waals surface area contributed by atoms with Crippen LogP contribution in [0.2, 0.25) is 0 Å². The molecule has 1 aromatic rings. The van der Waals surface area contributed by atoms with Crippen LogP contribution in [-0.2, 0) is 14.3 Å². The van der Waals surface area contributed by atoms with Gasteiger partial charge in [0, 0.05) is 4.47 Å². The lowest BCUT2D eigenvalue weighted by molar-refractivity contribution is 0.132. The van der Waals surface area contributed by atoms with Crippen LogP contribution in [-0.4, -0.2) is 15.0 Å². The monoisotopic (exact) mass is 348 g/mol. The molecule has 0 aliphatic heterocycles. The number of benzene rings is 1. The van der Waals surface area contributed by atoms with Gasteiger partial charge in [0.2, 0.25) is 0 Å². The van der Waals surface area contributed by atoms with Crippen LogP contribution < -0.4 is 0 Å². The standard InChI is InChI=1S/C14H21BrO3S/c1-4-14(5-2,6-3)11-18-19(16,17)13-9-7-12(15)8-10-13/h7-10H,4-6,11H2,1-3H3. The largest absolute Gasteiger partial charge is 0.296 e. The van der Waals surface area contributed by atoms with Gasteiger partial charge in [-0.2, -0.15) is 8.42 Å². The molecule has 0 aromatic heterocycles. The van der Waals surface area contributed by atoms with E-state index in [-0.39, 0.29) is 16.9 Å². The molecule has 0 radical (unpaired) electrons. The quantitative estimate of drug-likeness (QED) is 0.687. The van der Waals surface area contributed by atoms with Crippen LogP contribution in [0.3, 0.4) is 0 Å². The molecule has 0 fully saturated rings. The molecule has 0 atom stereocenters. The van der Waals surface area contributed by atoms with Crippen molar-refractivity contribution in [1.82, 2.24) is 0 Å². The molecule has 3 nitrogen and oxygen atoms in total. The second kappa shape index (κ2) is 6.86. The molecule has 0 heterocycles. The van der Waals surface area contributed by atoms with E-state index in [1.165, 1.54) is 0 Å². The molecule has 5 heteroatoms. The van der Waals surface area contributed by atoms with E-state index in [9.17, 15) is 8.42 Å². The lowest BCUT2D eigenvalue weighted by atomic mass is 9.81. The highest BCUT2D eigenvalue weighted by molar-refractivity contribution is 9.10. The fraction of sp³-hybridized carbons (Fsp3) is 0.571. The molecule has 1 rings (SSSR count). The van der Waals surface area contributed by atoms with Gasteiger partial charge >= 0.3 is 0 Å². The van der Waals surface area contributed by atoms with E-state index >= 15 is 0 Å². The first-order valence-electron chi connectivity index (χ1n) is 6.54. The molecule has 108 valence electrons. The summed E-state index contributed by atoms with van der Waals surface area (Å²) in [6, 6.07) is 6.49. The summed E-state index contributed by atoms with van der Waals surface area (Å²) >= 11 is 3.28. The summed E-state index contributed by atoms with van der Waals surface area (Å²) in [4.78, 5) is 0.202. The van der Waals surface area contributed by atoms with Crippen LogP contribution in [0.4, 0.5) is 0 Å². The van der Waals surface area contributed by atoms with Crippen LogP contribution in [0.15, 0.2) is 33.6 Å². The molecule has 1 aromatic carbocycles. The summed E-state index contributed by atoms with van der Waals surface area (Å²) in [5.41, 5.74) is -0.0531. The van der Waals surface area contributed by atoms with E-state index in [2.05, 4.69) is 36.7 Å². The third-order valence-corrected chi connectivity index (χ3v) is 5.68. The zero-order chi connectivity index (χ0) is 14.5. The Kier molecular flexibility index (Phi) is 6.02. The van der Waals surface area contributed by atoms with E-state index in [4.69, 9.17) is 4.18 Å². The molecule has 0 spiro atoms. The Morgan fingerprint density at radius 2 is 1.53 bits per heavy atom. The van der Waals surface area contributed by atoms with Crippen molar-refractivity contribution in [3.8, 4) is 0 Å². The Morgan fingerprint density at radius 3 is 1.95 bits per heavy atom. The van der Waals surface area contributed by atoms with E-state index in [1.807, 2.05) is 0 Å². The van der Waals surface area contributed by atoms with Crippen LogP contribution in [0.1, 0.15) is 40.0 Å². The van der Waals surface area contributed by atoms with Crippen molar-refractivity contribution < 1.29 is 12.6 Å². The highest BCUT2D eigenvalue weighted by atomic mass is 79.9. The van der Waals surface area contributed by atoms with Crippen molar-refractivity contribution in [3.05, 3.63) is 28.7 Å². The van der Waals surface area contributed by atoms with Gasteiger partial charge in [-0.25, -0.2) is 0 Å². The number of rotatable bonds is 7. The minimum Gasteiger partial charge on any atom is -0.266 e. The van der Waals surface area contributed by atoms with E-state index in [1.54, 1.807) is 24.3 Å². The third-order valence-electron chi connectivity index (χ3n) is 3.87. The topological polar surface area (TPSA) is 43.4 Å². The fourth-order valence-corrected chi connectivity index (χ4v) is 3.20. The lowest BCUT2D eigenvalue weighted by Gasteiger charge is -2.29. The fourth-order valence-electron chi connectivity index (χ4n) is 1.93. The maximum atomic E-state index is 12.1. The molecule has 0 saturated heterocycles. The molecule has 0 saturated carbocycles. The molecular weight excluding hydrogens is 328 g/mol. The SMILES string of the molecule is CCC(CC)(CC)COS(=O)(=O)c1ccc(Br)cc1. The van der Waals surface area contributed by atoms with Gasteiger partial charge in [0.25, 0.3) is 10.1 Å². The Balaban J connectivity index is 2.83. The Morgan fingerprint density at radius 1 is 1.05 bits per heavy atom. The summed E-state index contributed by atoms with van der Waals surface area (Å²) in [5, 5.41) is 0. The van der Waals surface area contributed by atoms with Crippen LogP contribution >= 0.6 is 15.9 Å². The smallest absolute Gasteiger partial charge is 0.266 e. The van der Waals surface area contributed by atoms with Crippen molar-refractivity contribution in [2.24, 2.45) is 5.41 Å². The molecule has 0 amide bonds. The minimum atomic E-state index is -3.66. The van der Waals surface area contributed by atoms with E-state index < -0.39 is 10.1 Å². The maximum absolute atomic E-state index is 12.1. The number of halogens is 1. The van der Waals surface area contributed by atoms with Crippen LogP contribution in [0.5, 0.6) is 0 Å². The second-order valence-corrected chi connectivity index (χ2v) is 7.26.